The Kier molecular flexibility index (Phi) is 3.79. The van der Waals surface area contributed by atoms with Crippen LogP contribution in [0, 0.1) is 11.8 Å². The fraction of sp³-hybridized carbons (Fsp3) is 0.471. The molecule has 0 radical (unpaired) electrons. The number of hydrogen-bond donors (Lipinski definition) is 1. The second-order valence-electron chi connectivity index (χ2n) is 5.71. The third-order valence-corrected chi connectivity index (χ3v) is 4.41. The minimum Gasteiger partial charge on any atom is -0.319 e. The van der Waals surface area contributed by atoms with Gasteiger partial charge < -0.3 is 5.32 Å². The van der Waals surface area contributed by atoms with E-state index in [0.717, 1.165) is 30.3 Å². The Morgan fingerprint density at radius 1 is 1.11 bits per heavy atom. The van der Waals surface area contributed by atoms with E-state index in [0.29, 0.717) is 0 Å². The zero-order chi connectivity index (χ0) is 13.1. The molecule has 1 aromatic carbocycles. The van der Waals surface area contributed by atoms with E-state index in [9.17, 15) is 0 Å². The Hall–Kier alpha value is -1.41. The maximum atomic E-state index is 4.81. The van der Waals surface area contributed by atoms with Gasteiger partial charge in [-0.25, -0.2) is 0 Å². The van der Waals surface area contributed by atoms with Gasteiger partial charge in [0, 0.05) is 11.1 Å². The number of para-hydroxylation sites is 1. The first-order valence-corrected chi connectivity index (χ1v) is 7.36. The highest BCUT2D eigenvalue weighted by atomic mass is 14.8. The van der Waals surface area contributed by atoms with Crippen LogP contribution in [0.3, 0.4) is 0 Å². The molecule has 0 aliphatic heterocycles. The topological polar surface area (TPSA) is 24.9 Å². The standard InChI is InChI=1S/C17H22N2/c1-18-12-15-7-4-6-14(15)11-16-10-9-13-5-2-3-8-17(13)19-16/h2-3,5,8-10,14-15,18H,4,6-7,11-12H2,1H3. The number of nitrogens with zero attached hydrogens (tertiary/aromatic N) is 1. The van der Waals surface area contributed by atoms with Crippen molar-refractivity contribution in [2.75, 3.05) is 13.6 Å². The van der Waals surface area contributed by atoms with Crippen LogP contribution < -0.4 is 5.32 Å². The fourth-order valence-corrected chi connectivity index (χ4v) is 3.40. The predicted molar refractivity (Wildman–Crippen MR) is 80.2 cm³/mol. The Balaban J connectivity index is 1.77. The van der Waals surface area contributed by atoms with Gasteiger partial charge in [-0.3, -0.25) is 4.98 Å². The number of aromatic nitrogens is 1. The van der Waals surface area contributed by atoms with E-state index >= 15 is 0 Å². The number of nitrogens with one attached hydrogen (secondary N) is 1. The molecule has 0 saturated heterocycles. The summed E-state index contributed by atoms with van der Waals surface area (Å²) < 4.78 is 0. The van der Waals surface area contributed by atoms with Crippen molar-refractivity contribution < 1.29 is 0 Å². The summed E-state index contributed by atoms with van der Waals surface area (Å²) >= 11 is 0. The van der Waals surface area contributed by atoms with Gasteiger partial charge in [0.05, 0.1) is 5.52 Å². The van der Waals surface area contributed by atoms with Crippen molar-refractivity contribution in [3.05, 3.63) is 42.1 Å². The predicted octanol–water partition coefficient (Wildman–Crippen LogP) is 3.41. The normalized spacial score (nSPS) is 23.0. The zero-order valence-electron chi connectivity index (χ0n) is 11.6. The number of pyridine rings is 1. The maximum absolute atomic E-state index is 4.81. The molecule has 2 unspecified atom stereocenters. The van der Waals surface area contributed by atoms with E-state index in [-0.39, 0.29) is 0 Å². The average molecular weight is 254 g/mol. The van der Waals surface area contributed by atoms with Gasteiger partial charge in [0.1, 0.15) is 0 Å². The summed E-state index contributed by atoms with van der Waals surface area (Å²) in [4.78, 5) is 4.81. The Labute approximate surface area is 115 Å². The lowest BCUT2D eigenvalue weighted by atomic mass is 9.91. The first kappa shape index (κ1) is 12.6. The number of benzene rings is 1. The summed E-state index contributed by atoms with van der Waals surface area (Å²) in [5.74, 6) is 1.64. The second-order valence-corrected chi connectivity index (χ2v) is 5.71. The second kappa shape index (κ2) is 5.70. The molecule has 2 atom stereocenters. The quantitative estimate of drug-likeness (QED) is 0.904. The van der Waals surface area contributed by atoms with E-state index < -0.39 is 0 Å². The molecule has 2 heteroatoms. The molecule has 0 bridgehead atoms. The molecule has 0 spiro atoms. The number of rotatable bonds is 4. The van der Waals surface area contributed by atoms with Crippen LogP contribution in [0.15, 0.2) is 36.4 Å². The average Bonchev–Trinajstić information content (AvgIpc) is 2.86. The largest absolute Gasteiger partial charge is 0.319 e. The zero-order valence-corrected chi connectivity index (χ0v) is 11.6. The molecular weight excluding hydrogens is 232 g/mol. The Bertz CT molecular complexity index is 550. The van der Waals surface area contributed by atoms with E-state index in [2.05, 4.69) is 48.8 Å². The molecule has 2 aromatic rings. The van der Waals surface area contributed by atoms with E-state index in [1.165, 1.54) is 30.3 Å². The third-order valence-electron chi connectivity index (χ3n) is 4.41. The van der Waals surface area contributed by atoms with E-state index in [4.69, 9.17) is 4.98 Å². The van der Waals surface area contributed by atoms with Gasteiger partial charge in [0.15, 0.2) is 0 Å². The third kappa shape index (κ3) is 2.79. The smallest absolute Gasteiger partial charge is 0.0705 e. The molecule has 19 heavy (non-hydrogen) atoms. The molecule has 1 saturated carbocycles. The van der Waals surface area contributed by atoms with E-state index in [1.807, 2.05) is 0 Å². The van der Waals surface area contributed by atoms with Crippen molar-refractivity contribution in [3.63, 3.8) is 0 Å². The first-order chi connectivity index (χ1) is 9.36. The van der Waals surface area contributed by atoms with Crippen molar-refractivity contribution in [1.82, 2.24) is 10.3 Å². The maximum Gasteiger partial charge on any atom is 0.0705 e. The number of hydrogen-bond acceptors (Lipinski definition) is 2. The monoisotopic (exact) mass is 254 g/mol. The molecule has 1 heterocycles. The van der Waals surface area contributed by atoms with Gasteiger partial charge in [-0.2, -0.15) is 0 Å². The molecular formula is C17H22N2. The van der Waals surface area contributed by atoms with Gasteiger partial charge in [0.25, 0.3) is 0 Å². The van der Waals surface area contributed by atoms with Crippen LogP contribution in [0.1, 0.15) is 25.0 Å². The summed E-state index contributed by atoms with van der Waals surface area (Å²) in [5.41, 5.74) is 2.38. The van der Waals surface area contributed by atoms with Crippen LogP contribution in [-0.2, 0) is 6.42 Å². The molecule has 3 rings (SSSR count). The van der Waals surface area contributed by atoms with E-state index in [1.54, 1.807) is 0 Å². The molecule has 1 N–H and O–H groups in total. The van der Waals surface area contributed by atoms with Crippen molar-refractivity contribution in [1.29, 1.82) is 0 Å². The molecule has 1 aliphatic carbocycles. The fourth-order valence-electron chi connectivity index (χ4n) is 3.40. The van der Waals surface area contributed by atoms with Crippen LogP contribution in [0.2, 0.25) is 0 Å². The van der Waals surface area contributed by atoms with Gasteiger partial charge in [-0.15, -0.1) is 0 Å². The van der Waals surface area contributed by atoms with Crippen LogP contribution in [0.5, 0.6) is 0 Å². The van der Waals surface area contributed by atoms with Crippen molar-refractivity contribution in [2.24, 2.45) is 11.8 Å². The molecule has 0 amide bonds. The lowest BCUT2D eigenvalue weighted by Gasteiger charge is -2.19. The number of fused-ring (bicyclic) bond motifs is 1. The Morgan fingerprint density at radius 3 is 2.84 bits per heavy atom. The van der Waals surface area contributed by atoms with Gasteiger partial charge >= 0.3 is 0 Å². The summed E-state index contributed by atoms with van der Waals surface area (Å²) in [6.07, 6.45) is 5.25. The highest BCUT2D eigenvalue weighted by Gasteiger charge is 2.26. The molecule has 1 aliphatic rings. The molecule has 1 aromatic heterocycles. The molecule has 2 nitrogen and oxygen atoms in total. The van der Waals surface area contributed by atoms with Gasteiger partial charge in [-0.05, 0) is 56.8 Å². The lowest BCUT2D eigenvalue weighted by molar-refractivity contribution is 0.372. The van der Waals surface area contributed by atoms with Crippen molar-refractivity contribution in [2.45, 2.75) is 25.7 Å². The van der Waals surface area contributed by atoms with Crippen LogP contribution in [0.4, 0.5) is 0 Å². The summed E-state index contributed by atoms with van der Waals surface area (Å²) in [6, 6.07) is 12.8. The highest BCUT2D eigenvalue weighted by molar-refractivity contribution is 5.78. The summed E-state index contributed by atoms with van der Waals surface area (Å²) in [6.45, 7) is 1.15. The van der Waals surface area contributed by atoms with Crippen LogP contribution in [0.25, 0.3) is 10.9 Å². The molecule has 100 valence electrons. The van der Waals surface area contributed by atoms with Crippen molar-refractivity contribution in [3.8, 4) is 0 Å². The Morgan fingerprint density at radius 2 is 1.95 bits per heavy atom. The van der Waals surface area contributed by atoms with Crippen molar-refractivity contribution >= 4 is 10.9 Å². The SMILES string of the molecule is CNCC1CCCC1Cc1ccc2ccccc2n1. The summed E-state index contributed by atoms with van der Waals surface area (Å²) in [7, 11) is 2.06. The molecule has 1 fully saturated rings. The van der Waals surface area contributed by atoms with Crippen LogP contribution in [-0.4, -0.2) is 18.6 Å². The minimum atomic E-state index is 0.807. The summed E-state index contributed by atoms with van der Waals surface area (Å²) in [5, 5.41) is 4.57. The first-order valence-electron chi connectivity index (χ1n) is 7.36. The van der Waals surface area contributed by atoms with Gasteiger partial charge in [-0.1, -0.05) is 30.7 Å². The van der Waals surface area contributed by atoms with Crippen LogP contribution >= 0.6 is 0 Å². The van der Waals surface area contributed by atoms with Gasteiger partial charge in [0.2, 0.25) is 0 Å². The highest BCUT2D eigenvalue weighted by Crippen LogP contribution is 2.33. The lowest BCUT2D eigenvalue weighted by Crippen LogP contribution is -2.23. The minimum absolute atomic E-state index is 0.807.